The zero-order valence-electron chi connectivity index (χ0n) is 11.1. The van der Waals surface area contributed by atoms with E-state index < -0.39 is 9.84 Å². The average molecular weight is 284 g/mol. The topological polar surface area (TPSA) is 63.6 Å². The van der Waals surface area contributed by atoms with Gasteiger partial charge in [-0.25, -0.2) is 8.42 Å². The molecule has 106 valence electrons. The van der Waals surface area contributed by atoms with Crippen LogP contribution < -0.4 is 4.74 Å². The number of rotatable bonds is 5. The average Bonchev–Trinajstić information content (AvgIpc) is 2.73. The van der Waals surface area contributed by atoms with E-state index in [-0.39, 0.29) is 29.9 Å². The van der Waals surface area contributed by atoms with Crippen molar-refractivity contribution in [3.05, 3.63) is 29.8 Å². The van der Waals surface area contributed by atoms with Gasteiger partial charge in [0.1, 0.15) is 5.75 Å². The predicted octanol–water partition coefficient (Wildman–Crippen LogP) is 1.42. The van der Waals surface area contributed by atoms with Crippen molar-refractivity contribution in [3.8, 4) is 5.75 Å². The third-order valence-corrected chi connectivity index (χ3v) is 5.45. The molecule has 1 fully saturated rings. The lowest BCUT2D eigenvalue weighted by Gasteiger charge is -2.20. The van der Waals surface area contributed by atoms with E-state index in [9.17, 15) is 13.5 Å². The Hall–Kier alpha value is -1.07. The highest BCUT2D eigenvalue weighted by molar-refractivity contribution is 7.91. The van der Waals surface area contributed by atoms with E-state index in [1.807, 2.05) is 31.2 Å². The number of ether oxygens (including phenoxy) is 1. The van der Waals surface area contributed by atoms with Gasteiger partial charge in [0, 0.05) is 12.5 Å². The molecule has 0 aromatic heterocycles. The van der Waals surface area contributed by atoms with Crippen molar-refractivity contribution in [3.63, 3.8) is 0 Å². The smallest absolute Gasteiger partial charge is 0.150 e. The lowest BCUT2D eigenvalue weighted by molar-refractivity contribution is 0.126. The summed E-state index contributed by atoms with van der Waals surface area (Å²) < 4.78 is 28.5. The molecule has 0 spiro atoms. The van der Waals surface area contributed by atoms with Gasteiger partial charge in [-0.3, -0.25) is 0 Å². The summed E-state index contributed by atoms with van der Waals surface area (Å²) in [5, 5.41) is 9.40. The lowest BCUT2D eigenvalue weighted by Crippen LogP contribution is -2.26. The summed E-state index contributed by atoms with van der Waals surface area (Å²) in [6.45, 7) is 2.33. The van der Waals surface area contributed by atoms with Crippen molar-refractivity contribution in [2.24, 2.45) is 11.8 Å². The van der Waals surface area contributed by atoms with Crippen LogP contribution in [-0.2, 0) is 9.84 Å². The number of aliphatic hydroxyl groups is 1. The fraction of sp³-hybridized carbons (Fsp3) is 0.571. The molecule has 1 aromatic carbocycles. The summed E-state index contributed by atoms with van der Waals surface area (Å²) in [4.78, 5) is 0. The first-order valence-corrected chi connectivity index (χ1v) is 8.33. The van der Waals surface area contributed by atoms with Crippen LogP contribution >= 0.6 is 0 Å². The van der Waals surface area contributed by atoms with E-state index >= 15 is 0 Å². The van der Waals surface area contributed by atoms with E-state index in [1.54, 1.807) is 0 Å². The van der Waals surface area contributed by atoms with Crippen molar-refractivity contribution in [2.75, 3.05) is 24.7 Å². The van der Waals surface area contributed by atoms with Gasteiger partial charge in [0.2, 0.25) is 0 Å². The van der Waals surface area contributed by atoms with Gasteiger partial charge in [0.05, 0.1) is 18.1 Å². The molecule has 1 heterocycles. The molecule has 0 saturated carbocycles. The van der Waals surface area contributed by atoms with Crippen LogP contribution in [0.2, 0.25) is 0 Å². The summed E-state index contributed by atoms with van der Waals surface area (Å²) in [6.07, 6.45) is 0.630. The minimum atomic E-state index is -2.91. The Labute approximate surface area is 114 Å². The molecule has 19 heavy (non-hydrogen) atoms. The van der Waals surface area contributed by atoms with E-state index in [4.69, 9.17) is 4.74 Å². The normalized spacial score (nSPS) is 23.2. The summed E-state index contributed by atoms with van der Waals surface area (Å²) in [6, 6.07) is 7.69. The molecule has 0 bridgehead atoms. The van der Waals surface area contributed by atoms with Gasteiger partial charge >= 0.3 is 0 Å². The molecule has 1 aliphatic heterocycles. The van der Waals surface area contributed by atoms with Gasteiger partial charge in [-0.1, -0.05) is 17.7 Å². The molecular formula is C14H20O4S. The van der Waals surface area contributed by atoms with E-state index in [2.05, 4.69) is 0 Å². The number of sulfone groups is 1. The maximum Gasteiger partial charge on any atom is 0.150 e. The molecule has 0 amide bonds. The van der Waals surface area contributed by atoms with Gasteiger partial charge in [-0.2, -0.15) is 0 Å². The van der Waals surface area contributed by atoms with Crippen molar-refractivity contribution in [1.29, 1.82) is 0 Å². The van der Waals surface area contributed by atoms with Crippen LogP contribution in [0.4, 0.5) is 0 Å². The van der Waals surface area contributed by atoms with E-state index in [1.165, 1.54) is 0 Å². The number of hydrogen-bond acceptors (Lipinski definition) is 4. The standard InChI is InChI=1S/C14H20O4S/c1-11-2-4-14(5-3-11)18-9-13(8-15)12-6-7-19(16,17)10-12/h2-5,12-13,15H,6-10H2,1H3. The van der Waals surface area contributed by atoms with Gasteiger partial charge < -0.3 is 9.84 Å². The van der Waals surface area contributed by atoms with Gasteiger partial charge in [0.15, 0.2) is 9.84 Å². The van der Waals surface area contributed by atoms with Crippen LogP contribution in [0.25, 0.3) is 0 Å². The molecule has 0 aliphatic carbocycles. The summed E-state index contributed by atoms with van der Waals surface area (Å²) in [5.74, 6) is 1.07. The van der Waals surface area contributed by atoms with E-state index in [0.717, 1.165) is 11.3 Å². The maximum atomic E-state index is 11.5. The predicted molar refractivity (Wildman–Crippen MR) is 74.0 cm³/mol. The quantitative estimate of drug-likeness (QED) is 0.888. The van der Waals surface area contributed by atoms with Crippen molar-refractivity contribution < 1.29 is 18.3 Å². The molecule has 1 N–H and O–H groups in total. The highest BCUT2D eigenvalue weighted by atomic mass is 32.2. The molecule has 2 unspecified atom stereocenters. The Kier molecular flexibility index (Phi) is 4.47. The van der Waals surface area contributed by atoms with Crippen molar-refractivity contribution >= 4 is 9.84 Å². The minimum Gasteiger partial charge on any atom is -0.493 e. The minimum absolute atomic E-state index is 0.0143. The number of aryl methyl sites for hydroxylation is 1. The molecule has 2 rings (SSSR count). The summed E-state index contributed by atoms with van der Waals surface area (Å²) in [5.41, 5.74) is 1.16. The third-order valence-electron chi connectivity index (χ3n) is 3.65. The molecule has 2 atom stereocenters. The fourth-order valence-electron chi connectivity index (χ4n) is 2.37. The Morgan fingerprint density at radius 3 is 2.58 bits per heavy atom. The first-order valence-electron chi connectivity index (χ1n) is 6.51. The molecular weight excluding hydrogens is 264 g/mol. The second kappa shape index (κ2) is 5.92. The molecule has 1 aromatic rings. The van der Waals surface area contributed by atoms with Crippen LogP contribution in [0.3, 0.4) is 0 Å². The zero-order valence-corrected chi connectivity index (χ0v) is 11.9. The molecule has 1 saturated heterocycles. The number of benzene rings is 1. The first kappa shape index (κ1) is 14.3. The monoisotopic (exact) mass is 284 g/mol. The fourth-order valence-corrected chi connectivity index (χ4v) is 4.29. The summed E-state index contributed by atoms with van der Waals surface area (Å²) >= 11 is 0. The molecule has 1 aliphatic rings. The Morgan fingerprint density at radius 2 is 2.05 bits per heavy atom. The number of hydrogen-bond donors (Lipinski definition) is 1. The van der Waals surface area contributed by atoms with E-state index in [0.29, 0.717) is 13.0 Å². The lowest BCUT2D eigenvalue weighted by atomic mass is 9.93. The SMILES string of the molecule is Cc1ccc(OCC(CO)C2CCS(=O)(=O)C2)cc1. The zero-order chi connectivity index (χ0) is 13.9. The van der Waals surface area contributed by atoms with Crippen LogP contribution in [0, 0.1) is 18.8 Å². The number of aliphatic hydroxyl groups excluding tert-OH is 1. The highest BCUT2D eigenvalue weighted by Crippen LogP contribution is 2.26. The van der Waals surface area contributed by atoms with Gasteiger partial charge in [0.25, 0.3) is 0 Å². The van der Waals surface area contributed by atoms with Gasteiger partial charge in [-0.15, -0.1) is 0 Å². The van der Waals surface area contributed by atoms with Crippen LogP contribution in [0.1, 0.15) is 12.0 Å². The maximum absolute atomic E-state index is 11.5. The first-order chi connectivity index (χ1) is 9.00. The molecule has 4 nitrogen and oxygen atoms in total. The van der Waals surface area contributed by atoms with Crippen molar-refractivity contribution in [2.45, 2.75) is 13.3 Å². The summed E-state index contributed by atoms with van der Waals surface area (Å²) in [7, 11) is -2.91. The van der Waals surface area contributed by atoms with Crippen LogP contribution in [0.5, 0.6) is 5.75 Å². The Morgan fingerprint density at radius 1 is 1.37 bits per heavy atom. The van der Waals surface area contributed by atoms with Crippen LogP contribution in [-0.4, -0.2) is 38.2 Å². The Bertz CT molecular complexity index is 507. The van der Waals surface area contributed by atoms with Gasteiger partial charge in [-0.05, 0) is 31.4 Å². The van der Waals surface area contributed by atoms with Crippen LogP contribution in [0.15, 0.2) is 24.3 Å². The second-order valence-electron chi connectivity index (χ2n) is 5.23. The molecule has 0 radical (unpaired) electrons. The highest BCUT2D eigenvalue weighted by Gasteiger charge is 2.33. The largest absolute Gasteiger partial charge is 0.493 e. The Balaban J connectivity index is 1.91. The van der Waals surface area contributed by atoms with Crippen molar-refractivity contribution in [1.82, 2.24) is 0 Å². The third kappa shape index (κ3) is 3.94. The second-order valence-corrected chi connectivity index (χ2v) is 7.46. The molecule has 5 heteroatoms.